The zero-order valence-corrected chi connectivity index (χ0v) is 14.0. The second-order valence-corrected chi connectivity index (χ2v) is 7.05. The molecule has 2 aromatic rings. The van der Waals surface area contributed by atoms with Crippen LogP contribution in [0, 0.1) is 5.41 Å². The first-order valence-corrected chi connectivity index (χ1v) is 8.25. The molecule has 1 aromatic carbocycles. The summed E-state index contributed by atoms with van der Waals surface area (Å²) in [6.45, 7) is 6.04. The Morgan fingerprint density at radius 2 is 1.78 bits per heavy atom. The van der Waals surface area contributed by atoms with Gasteiger partial charge in [-0.2, -0.15) is 5.01 Å². The first-order chi connectivity index (χ1) is 10.9. The van der Waals surface area contributed by atoms with Crippen LogP contribution in [0.3, 0.4) is 0 Å². The third-order valence-corrected chi connectivity index (χ3v) is 4.29. The number of para-hydroxylation sites is 2. The standard InChI is InChI=1S/C18H23N3O2/c1-4-5-10-15-19-13-8-6-7-9-14(13)20(15)21-16(22)11-18(2,3)12-17(21)23/h6-9H,4-5,10-12H2,1-3H3. The Bertz CT molecular complexity index is 741. The van der Waals surface area contributed by atoms with Crippen LogP contribution in [-0.4, -0.2) is 21.5 Å². The van der Waals surface area contributed by atoms with E-state index in [0.29, 0.717) is 12.8 Å². The van der Waals surface area contributed by atoms with Crippen LogP contribution < -0.4 is 5.01 Å². The largest absolute Gasteiger partial charge is 0.272 e. The fraction of sp³-hybridized carbons (Fsp3) is 0.500. The summed E-state index contributed by atoms with van der Waals surface area (Å²) in [5.74, 6) is 0.494. The van der Waals surface area contributed by atoms with E-state index >= 15 is 0 Å². The number of hydrogen-bond acceptors (Lipinski definition) is 3. The number of benzene rings is 1. The Morgan fingerprint density at radius 1 is 1.13 bits per heavy atom. The maximum Gasteiger partial charge on any atom is 0.249 e. The summed E-state index contributed by atoms with van der Waals surface area (Å²) in [6, 6.07) is 7.67. The molecule has 0 unspecified atom stereocenters. The molecule has 1 fully saturated rings. The van der Waals surface area contributed by atoms with E-state index in [4.69, 9.17) is 0 Å². The Hall–Kier alpha value is -2.17. The van der Waals surface area contributed by atoms with Gasteiger partial charge in [0.25, 0.3) is 0 Å². The minimum atomic E-state index is -0.273. The summed E-state index contributed by atoms with van der Waals surface area (Å²) in [5, 5.41) is 1.31. The van der Waals surface area contributed by atoms with Crippen LogP contribution in [0.4, 0.5) is 0 Å². The average Bonchev–Trinajstić information content (AvgIpc) is 2.82. The number of fused-ring (bicyclic) bond motifs is 1. The van der Waals surface area contributed by atoms with E-state index < -0.39 is 0 Å². The fourth-order valence-corrected chi connectivity index (χ4v) is 3.18. The van der Waals surface area contributed by atoms with Crippen molar-refractivity contribution in [1.82, 2.24) is 9.66 Å². The number of unbranched alkanes of at least 4 members (excludes halogenated alkanes) is 1. The first kappa shape index (κ1) is 15.7. The van der Waals surface area contributed by atoms with Gasteiger partial charge in [0.15, 0.2) is 0 Å². The molecule has 2 heterocycles. The second kappa shape index (κ2) is 5.80. The molecule has 1 aliphatic heterocycles. The summed E-state index contributed by atoms with van der Waals surface area (Å²) in [4.78, 5) is 29.9. The van der Waals surface area contributed by atoms with Gasteiger partial charge >= 0.3 is 0 Å². The van der Waals surface area contributed by atoms with Gasteiger partial charge in [0.2, 0.25) is 11.8 Å². The number of carbonyl (C=O) groups excluding carboxylic acids is 2. The van der Waals surface area contributed by atoms with E-state index in [1.165, 1.54) is 5.01 Å². The third kappa shape index (κ3) is 2.87. The van der Waals surface area contributed by atoms with E-state index in [1.807, 2.05) is 38.1 Å². The van der Waals surface area contributed by atoms with Crippen molar-refractivity contribution >= 4 is 22.8 Å². The first-order valence-electron chi connectivity index (χ1n) is 8.25. The van der Waals surface area contributed by atoms with Gasteiger partial charge < -0.3 is 0 Å². The molecule has 1 aliphatic rings. The SMILES string of the molecule is CCCCc1nc2ccccc2n1N1C(=O)CC(C)(C)CC1=O. The predicted octanol–water partition coefficient (Wildman–Crippen LogP) is 3.19. The van der Waals surface area contributed by atoms with E-state index in [1.54, 1.807) is 4.68 Å². The Kier molecular flexibility index (Phi) is 3.96. The monoisotopic (exact) mass is 313 g/mol. The van der Waals surface area contributed by atoms with Gasteiger partial charge in [-0.1, -0.05) is 39.3 Å². The molecule has 0 radical (unpaired) electrons. The Morgan fingerprint density at radius 3 is 2.43 bits per heavy atom. The number of rotatable bonds is 4. The number of imidazole rings is 1. The summed E-state index contributed by atoms with van der Waals surface area (Å²) in [5.41, 5.74) is 1.37. The Labute approximate surface area is 136 Å². The van der Waals surface area contributed by atoms with E-state index in [0.717, 1.165) is 36.1 Å². The minimum Gasteiger partial charge on any atom is -0.272 e. The van der Waals surface area contributed by atoms with Crippen LogP contribution in [0.25, 0.3) is 11.0 Å². The summed E-state index contributed by atoms with van der Waals surface area (Å²) >= 11 is 0. The maximum absolute atomic E-state index is 12.6. The molecule has 23 heavy (non-hydrogen) atoms. The lowest BCUT2D eigenvalue weighted by atomic mass is 9.82. The van der Waals surface area contributed by atoms with Gasteiger partial charge in [-0.3, -0.25) is 9.59 Å². The van der Waals surface area contributed by atoms with Crippen molar-refractivity contribution in [3.05, 3.63) is 30.1 Å². The van der Waals surface area contributed by atoms with Crippen LogP contribution >= 0.6 is 0 Å². The van der Waals surface area contributed by atoms with Gasteiger partial charge in [-0.15, -0.1) is 0 Å². The molecule has 0 bridgehead atoms. The lowest BCUT2D eigenvalue weighted by molar-refractivity contribution is -0.135. The molecule has 3 rings (SSSR count). The fourth-order valence-electron chi connectivity index (χ4n) is 3.18. The summed E-state index contributed by atoms with van der Waals surface area (Å²) in [6.07, 6.45) is 3.52. The quantitative estimate of drug-likeness (QED) is 0.815. The smallest absolute Gasteiger partial charge is 0.249 e. The number of amides is 2. The molecule has 0 N–H and O–H groups in total. The van der Waals surface area contributed by atoms with Crippen LogP contribution in [0.2, 0.25) is 0 Å². The van der Waals surface area contributed by atoms with Crippen LogP contribution in [0.15, 0.2) is 24.3 Å². The lowest BCUT2D eigenvalue weighted by Gasteiger charge is -2.35. The summed E-state index contributed by atoms with van der Waals surface area (Å²) in [7, 11) is 0. The highest BCUT2D eigenvalue weighted by molar-refractivity contribution is 6.11. The second-order valence-electron chi connectivity index (χ2n) is 7.05. The Balaban J connectivity index is 2.10. The van der Waals surface area contributed by atoms with Crippen molar-refractivity contribution in [2.75, 3.05) is 5.01 Å². The highest BCUT2D eigenvalue weighted by Gasteiger charge is 2.39. The van der Waals surface area contributed by atoms with E-state index in [2.05, 4.69) is 11.9 Å². The highest BCUT2D eigenvalue weighted by atomic mass is 16.2. The molecule has 0 atom stereocenters. The maximum atomic E-state index is 12.6. The summed E-state index contributed by atoms with van der Waals surface area (Å²) < 4.78 is 1.74. The predicted molar refractivity (Wildman–Crippen MR) is 89.6 cm³/mol. The molecule has 0 saturated carbocycles. The minimum absolute atomic E-state index is 0.146. The number of nitrogens with zero attached hydrogens (tertiary/aromatic N) is 3. The van der Waals surface area contributed by atoms with Crippen LogP contribution in [-0.2, 0) is 16.0 Å². The molecule has 0 aliphatic carbocycles. The topological polar surface area (TPSA) is 55.2 Å². The normalized spacial score (nSPS) is 18.0. The van der Waals surface area contributed by atoms with Crippen LogP contribution in [0.5, 0.6) is 0 Å². The van der Waals surface area contributed by atoms with Crippen molar-refractivity contribution in [2.24, 2.45) is 5.41 Å². The van der Waals surface area contributed by atoms with Gasteiger partial charge in [-0.05, 0) is 24.0 Å². The van der Waals surface area contributed by atoms with E-state index in [-0.39, 0.29) is 17.2 Å². The lowest BCUT2D eigenvalue weighted by Crippen LogP contribution is -2.52. The van der Waals surface area contributed by atoms with Crippen molar-refractivity contribution in [1.29, 1.82) is 0 Å². The number of carbonyl (C=O) groups is 2. The molecule has 2 amide bonds. The molecule has 5 heteroatoms. The molecule has 0 spiro atoms. The zero-order valence-electron chi connectivity index (χ0n) is 14.0. The van der Waals surface area contributed by atoms with Crippen molar-refractivity contribution < 1.29 is 9.59 Å². The average molecular weight is 313 g/mol. The number of hydrogen-bond donors (Lipinski definition) is 0. The zero-order chi connectivity index (χ0) is 16.6. The number of piperidine rings is 1. The highest BCUT2D eigenvalue weighted by Crippen LogP contribution is 2.32. The number of imide groups is 1. The third-order valence-electron chi connectivity index (χ3n) is 4.29. The van der Waals surface area contributed by atoms with Gasteiger partial charge in [-0.25, -0.2) is 9.66 Å². The number of aryl methyl sites for hydroxylation is 1. The number of aromatic nitrogens is 2. The molecular weight excluding hydrogens is 290 g/mol. The molecule has 1 saturated heterocycles. The van der Waals surface area contributed by atoms with E-state index in [9.17, 15) is 9.59 Å². The molecule has 122 valence electrons. The molecule has 1 aromatic heterocycles. The van der Waals surface area contributed by atoms with Gasteiger partial charge in [0.1, 0.15) is 5.82 Å². The van der Waals surface area contributed by atoms with Gasteiger partial charge in [0.05, 0.1) is 11.0 Å². The molecule has 5 nitrogen and oxygen atoms in total. The van der Waals surface area contributed by atoms with Crippen molar-refractivity contribution in [2.45, 2.75) is 52.9 Å². The van der Waals surface area contributed by atoms with Crippen molar-refractivity contribution in [3.8, 4) is 0 Å². The van der Waals surface area contributed by atoms with Crippen LogP contribution in [0.1, 0.15) is 52.3 Å². The van der Waals surface area contributed by atoms with Crippen molar-refractivity contribution in [3.63, 3.8) is 0 Å². The molecular formula is C18H23N3O2. The van der Waals surface area contributed by atoms with Gasteiger partial charge in [0, 0.05) is 19.3 Å².